The second-order valence-electron chi connectivity index (χ2n) is 8.74. The summed E-state index contributed by atoms with van der Waals surface area (Å²) < 4.78 is 12.5. The van der Waals surface area contributed by atoms with Crippen LogP contribution in [0.25, 0.3) is 22.3 Å². The Labute approximate surface area is 225 Å². The maximum atomic E-state index is 12.6. The highest BCUT2D eigenvalue weighted by Gasteiger charge is 2.18. The van der Waals surface area contributed by atoms with E-state index in [1.807, 2.05) is 78.3 Å². The van der Waals surface area contributed by atoms with E-state index in [-0.39, 0.29) is 0 Å². The Morgan fingerprint density at radius 2 is 1.79 bits per heavy atom. The number of para-hydroxylation sites is 1. The summed E-state index contributed by atoms with van der Waals surface area (Å²) in [5, 5.41) is 9.51. The van der Waals surface area contributed by atoms with Gasteiger partial charge in [-0.1, -0.05) is 24.3 Å². The highest BCUT2D eigenvalue weighted by atomic mass is 32.1. The summed E-state index contributed by atoms with van der Waals surface area (Å²) in [6, 6.07) is 21.3. The minimum absolute atomic E-state index is 0.401. The van der Waals surface area contributed by atoms with Gasteiger partial charge in [-0.15, -0.1) is 11.3 Å². The van der Waals surface area contributed by atoms with Gasteiger partial charge in [0.05, 0.1) is 23.8 Å². The number of carbonyl (C=O) groups is 2. The predicted octanol–water partition coefficient (Wildman–Crippen LogP) is 5.02. The molecule has 0 saturated carbocycles. The van der Waals surface area contributed by atoms with Crippen molar-refractivity contribution in [2.45, 2.75) is 13.0 Å². The minimum atomic E-state index is -0.963. The molecule has 1 fully saturated rings. The summed E-state index contributed by atoms with van der Waals surface area (Å²) in [5.74, 6) is -1.01. The van der Waals surface area contributed by atoms with Crippen LogP contribution in [0.5, 0.6) is 0 Å². The number of esters is 1. The predicted molar refractivity (Wildman–Crippen MR) is 150 cm³/mol. The molecular formula is C29H28N4O4S. The highest BCUT2D eigenvalue weighted by molar-refractivity contribution is 7.13. The summed E-state index contributed by atoms with van der Waals surface area (Å²) in [5.41, 5.74) is 4.16. The molecule has 1 amide bonds. The van der Waals surface area contributed by atoms with Crippen LogP contribution in [-0.2, 0) is 19.1 Å². The molecule has 1 N–H and O–H groups in total. The molecule has 5 rings (SSSR count). The van der Waals surface area contributed by atoms with Crippen molar-refractivity contribution < 1.29 is 19.1 Å². The van der Waals surface area contributed by atoms with E-state index in [4.69, 9.17) is 14.6 Å². The zero-order valence-electron chi connectivity index (χ0n) is 20.9. The highest BCUT2D eigenvalue weighted by Crippen LogP contribution is 2.28. The summed E-state index contributed by atoms with van der Waals surface area (Å²) in [7, 11) is 0. The molecule has 0 spiro atoms. The number of hydrogen-bond acceptors (Lipinski definition) is 7. The van der Waals surface area contributed by atoms with Gasteiger partial charge in [0.2, 0.25) is 0 Å². The number of nitrogens with zero attached hydrogens (tertiary/aromatic N) is 3. The molecule has 0 radical (unpaired) electrons. The van der Waals surface area contributed by atoms with Crippen molar-refractivity contribution in [2.24, 2.45) is 0 Å². The molecule has 1 saturated heterocycles. The van der Waals surface area contributed by atoms with E-state index in [2.05, 4.69) is 10.2 Å². The lowest BCUT2D eigenvalue weighted by Crippen LogP contribution is -2.36. The molecule has 8 nitrogen and oxygen atoms in total. The van der Waals surface area contributed by atoms with Crippen molar-refractivity contribution in [3.8, 4) is 16.3 Å². The van der Waals surface area contributed by atoms with Crippen LogP contribution in [0.3, 0.4) is 0 Å². The largest absolute Gasteiger partial charge is 0.449 e. The van der Waals surface area contributed by atoms with Crippen molar-refractivity contribution >= 4 is 40.7 Å². The zero-order chi connectivity index (χ0) is 26.3. The number of nitrogens with one attached hydrogen (secondary N) is 1. The lowest BCUT2D eigenvalue weighted by Gasteiger charge is -2.28. The molecular weight excluding hydrogens is 500 g/mol. The summed E-state index contributed by atoms with van der Waals surface area (Å²) in [6.45, 7) is 4.65. The van der Waals surface area contributed by atoms with E-state index >= 15 is 0 Å². The maximum absolute atomic E-state index is 12.6. The molecule has 1 atom stereocenters. The standard InChI is InChI=1S/C29H28N4O4S/c1-21(29(35)30-23-10-12-24(13-11-23)32-15-17-36-18-16-32)37-27(34)14-9-22-20-33(25-6-3-2-4-7-25)31-28(22)26-8-5-19-38-26/h2-14,19-21H,15-18H2,1H3,(H,30,35)/b14-9+. The van der Waals surface area contributed by atoms with Gasteiger partial charge in [-0.3, -0.25) is 4.79 Å². The summed E-state index contributed by atoms with van der Waals surface area (Å²) in [6.07, 6.45) is 3.89. The average Bonchev–Trinajstić information content (AvgIpc) is 3.64. The topological polar surface area (TPSA) is 85.7 Å². The lowest BCUT2D eigenvalue weighted by atomic mass is 10.2. The SMILES string of the molecule is CC(OC(=O)/C=C/c1cn(-c2ccccc2)nc1-c1cccs1)C(=O)Nc1ccc(N2CCOCC2)cc1. The van der Waals surface area contributed by atoms with E-state index in [0.29, 0.717) is 18.9 Å². The molecule has 1 unspecified atom stereocenters. The van der Waals surface area contributed by atoms with Gasteiger partial charge in [0, 0.05) is 42.3 Å². The van der Waals surface area contributed by atoms with Crippen LogP contribution >= 0.6 is 11.3 Å². The van der Waals surface area contributed by atoms with Gasteiger partial charge < -0.3 is 19.7 Å². The number of thiophene rings is 1. The van der Waals surface area contributed by atoms with Gasteiger partial charge in [-0.25, -0.2) is 9.48 Å². The number of carbonyl (C=O) groups excluding carboxylic acids is 2. The van der Waals surface area contributed by atoms with Crippen molar-refractivity contribution in [1.82, 2.24) is 9.78 Å². The first-order chi connectivity index (χ1) is 18.6. The van der Waals surface area contributed by atoms with E-state index in [1.54, 1.807) is 29.0 Å². The molecule has 1 aliphatic heterocycles. The average molecular weight is 529 g/mol. The van der Waals surface area contributed by atoms with Crippen LogP contribution in [0.15, 0.2) is 84.4 Å². The third-order valence-corrected chi connectivity index (χ3v) is 6.97. The van der Waals surface area contributed by atoms with Crippen LogP contribution in [0.1, 0.15) is 12.5 Å². The molecule has 0 bridgehead atoms. The molecule has 2 aromatic carbocycles. The molecule has 194 valence electrons. The first kappa shape index (κ1) is 25.4. The molecule has 38 heavy (non-hydrogen) atoms. The molecule has 3 heterocycles. The second-order valence-corrected chi connectivity index (χ2v) is 9.69. The van der Waals surface area contributed by atoms with Gasteiger partial charge in [0.1, 0.15) is 5.69 Å². The fourth-order valence-electron chi connectivity index (χ4n) is 4.07. The molecule has 4 aromatic rings. The lowest BCUT2D eigenvalue weighted by molar-refractivity contribution is -0.148. The number of amides is 1. The quantitative estimate of drug-likeness (QED) is 0.255. The van der Waals surface area contributed by atoms with E-state index in [9.17, 15) is 9.59 Å². The van der Waals surface area contributed by atoms with Gasteiger partial charge in [0.15, 0.2) is 6.10 Å². The number of aromatic nitrogens is 2. The van der Waals surface area contributed by atoms with Crippen molar-refractivity contribution in [1.29, 1.82) is 0 Å². The summed E-state index contributed by atoms with van der Waals surface area (Å²) in [4.78, 5) is 28.4. The molecule has 1 aliphatic rings. The molecule has 2 aromatic heterocycles. The van der Waals surface area contributed by atoms with Crippen molar-refractivity contribution in [3.63, 3.8) is 0 Å². The third kappa shape index (κ3) is 6.19. The first-order valence-electron chi connectivity index (χ1n) is 12.4. The minimum Gasteiger partial charge on any atom is -0.449 e. The Kier molecular flexibility index (Phi) is 7.96. The number of benzene rings is 2. The Balaban J connectivity index is 1.21. The maximum Gasteiger partial charge on any atom is 0.331 e. The third-order valence-electron chi connectivity index (χ3n) is 6.09. The van der Waals surface area contributed by atoms with Gasteiger partial charge in [-0.05, 0) is 60.8 Å². The van der Waals surface area contributed by atoms with Gasteiger partial charge in [-0.2, -0.15) is 5.10 Å². The van der Waals surface area contributed by atoms with Gasteiger partial charge in [0.25, 0.3) is 5.91 Å². The number of morpholine rings is 1. The van der Waals surface area contributed by atoms with Gasteiger partial charge >= 0.3 is 5.97 Å². The van der Waals surface area contributed by atoms with Crippen molar-refractivity contribution in [3.05, 3.63) is 89.9 Å². The normalized spacial score (nSPS) is 14.4. The van der Waals surface area contributed by atoms with Crippen LogP contribution in [0, 0.1) is 0 Å². The first-order valence-corrected chi connectivity index (χ1v) is 13.3. The van der Waals surface area contributed by atoms with E-state index in [1.165, 1.54) is 6.08 Å². The van der Waals surface area contributed by atoms with E-state index < -0.39 is 18.0 Å². The molecule has 0 aliphatic carbocycles. The van der Waals surface area contributed by atoms with Crippen LogP contribution in [0.4, 0.5) is 11.4 Å². The fourth-order valence-corrected chi connectivity index (χ4v) is 4.80. The zero-order valence-corrected chi connectivity index (χ0v) is 21.8. The fraction of sp³-hybridized carbons (Fsp3) is 0.207. The number of rotatable bonds is 8. The van der Waals surface area contributed by atoms with Crippen LogP contribution in [0.2, 0.25) is 0 Å². The number of hydrogen-bond donors (Lipinski definition) is 1. The molecule has 9 heteroatoms. The number of anilines is 2. The Morgan fingerprint density at radius 1 is 1.03 bits per heavy atom. The number of ether oxygens (including phenoxy) is 2. The Hall–Kier alpha value is -4.21. The second kappa shape index (κ2) is 11.9. The smallest absolute Gasteiger partial charge is 0.331 e. The summed E-state index contributed by atoms with van der Waals surface area (Å²) >= 11 is 1.57. The Morgan fingerprint density at radius 3 is 2.50 bits per heavy atom. The van der Waals surface area contributed by atoms with E-state index in [0.717, 1.165) is 40.6 Å². The van der Waals surface area contributed by atoms with Crippen molar-refractivity contribution in [2.75, 3.05) is 36.5 Å². The Bertz CT molecular complexity index is 1390. The monoisotopic (exact) mass is 528 g/mol. The van der Waals surface area contributed by atoms with Crippen LogP contribution < -0.4 is 10.2 Å². The van der Waals surface area contributed by atoms with Crippen LogP contribution in [-0.4, -0.2) is 54.1 Å².